The molecule has 2 aromatic rings. The number of carbonyl (C=O) groups is 4. The summed E-state index contributed by atoms with van der Waals surface area (Å²) in [6.45, 7) is 4.92. The lowest BCUT2D eigenvalue weighted by atomic mass is 10.1. The summed E-state index contributed by atoms with van der Waals surface area (Å²) in [6.07, 6.45) is -0.870. The Balaban J connectivity index is 1.68. The molecule has 3 rings (SSSR count). The van der Waals surface area contributed by atoms with Gasteiger partial charge in [-0.05, 0) is 38.5 Å². The number of alkyl carbamates (subject to hydrolysis) is 1. The summed E-state index contributed by atoms with van der Waals surface area (Å²) in [5.41, 5.74) is 0.313. The van der Waals surface area contributed by atoms with E-state index in [0.29, 0.717) is 5.06 Å². The Kier molecular flexibility index (Phi) is 6.89. The van der Waals surface area contributed by atoms with Crippen LogP contribution >= 0.6 is 0 Å². The number of nitrogens with zero attached hydrogens (tertiary/aromatic N) is 1. The molecule has 0 aliphatic carbocycles. The average molecular weight is 440 g/mol. The van der Waals surface area contributed by atoms with Crippen LogP contribution < -0.4 is 5.32 Å². The van der Waals surface area contributed by atoms with E-state index in [-0.39, 0.29) is 24.3 Å². The molecule has 32 heavy (non-hydrogen) atoms. The fourth-order valence-corrected chi connectivity index (χ4v) is 2.89. The van der Waals surface area contributed by atoms with E-state index in [2.05, 4.69) is 5.32 Å². The van der Waals surface area contributed by atoms with Gasteiger partial charge in [-0.25, -0.2) is 9.59 Å². The maximum absolute atomic E-state index is 12.8. The van der Waals surface area contributed by atoms with Crippen molar-refractivity contribution < 1.29 is 33.5 Å². The van der Waals surface area contributed by atoms with Crippen molar-refractivity contribution in [2.75, 3.05) is 6.61 Å². The first-order valence-electron chi connectivity index (χ1n) is 9.96. The Morgan fingerprint density at radius 3 is 2.06 bits per heavy atom. The highest BCUT2D eigenvalue weighted by atomic mass is 16.7. The highest BCUT2D eigenvalue weighted by Gasteiger charge is 2.40. The van der Waals surface area contributed by atoms with Crippen LogP contribution in [0, 0.1) is 0 Å². The summed E-state index contributed by atoms with van der Waals surface area (Å²) in [7, 11) is 0. The molecule has 9 nitrogen and oxygen atoms in total. The van der Waals surface area contributed by atoms with Crippen LogP contribution in [-0.2, 0) is 25.7 Å². The molecule has 0 fully saturated rings. The molecule has 9 heteroatoms. The molecule has 1 heterocycles. The third-order valence-corrected chi connectivity index (χ3v) is 4.31. The molecule has 168 valence electrons. The fourth-order valence-electron chi connectivity index (χ4n) is 2.89. The molecule has 0 bridgehead atoms. The zero-order valence-electron chi connectivity index (χ0n) is 18.0. The minimum absolute atomic E-state index is 0.127. The molecular weight excluding hydrogens is 416 g/mol. The highest BCUT2D eigenvalue weighted by Crippen LogP contribution is 2.23. The van der Waals surface area contributed by atoms with E-state index < -0.39 is 35.5 Å². The van der Waals surface area contributed by atoms with E-state index in [4.69, 9.17) is 14.3 Å². The number of hydrogen-bond donors (Lipinski definition) is 1. The molecule has 0 saturated carbocycles. The first kappa shape index (κ1) is 23.0. The summed E-state index contributed by atoms with van der Waals surface area (Å²) in [5, 5.41) is 2.76. The Morgan fingerprint density at radius 1 is 0.938 bits per heavy atom. The van der Waals surface area contributed by atoms with E-state index in [1.807, 2.05) is 30.3 Å². The Labute approximate surface area is 185 Å². The zero-order chi connectivity index (χ0) is 23.3. The smallest absolute Gasteiger partial charge is 0.408 e. The van der Waals surface area contributed by atoms with Crippen LogP contribution in [0.2, 0.25) is 0 Å². The first-order chi connectivity index (χ1) is 15.2. The molecule has 0 aromatic heterocycles. The molecule has 0 unspecified atom stereocenters. The molecule has 0 spiro atoms. The molecule has 0 radical (unpaired) electrons. The topological polar surface area (TPSA) is 111 Å². The summed E-state index contributed by atoms with van der Waals surface area (Å²) in [6, 6.07) is 14.0. The van der Waals surface area contributed by atoms with Crippen molar-refractivity contribution in [3.8, 4) is 0 Å². The predicted molar refractivity (Wildman–Crippen MR) is 112 cm³/mol. The molecule has 3 amide bonds. The van der Waals surface area contributed by atoms with Crippen LogP contribution in [0.1, 0.15) is 47.1 Å². The van der Waals surface area contributed by atoms with Gasteiger partial charge in [0, 0.05) is 0 Å². The number of ether oxygens (including phenoxy) is 2. The average Bonchev–Trinajstić information content (AvgIpc) is 2.97. The van der Waals surface area contributed by atoms with Gasteiger partial charge in [0.15, 0.2) is 6.04 Å². The second kappa shape index (κ2) is 9.61. The van der Waals surface area contributed by atoms with E-state index in [0.717, 1.165) is 5.56 Å². The summed E-state index contributed by atoms with van der Waals surface area (Å²) >= 11 is 0. The first-order valence-corrected chi connectivity index (χ1v) is 9.96. The van der Waals surface area contributed by atoms with Gasteiger partial charge in [-0.15, -0.1) is 0 Å². The zero-order valence-corrected chi connectivity index (χ0v) is 18.0. The standard InChI is InChI=1S/C23H24N2O7/c1-23(2,3)31-22(29)24-18(14-30-13-15-9-5-4-6-10-15)21(28)32-25-19(26)16-11-7-8-12-17(16)20(25)27/h4-12,18H,13-14H2,1-3H3,(H,24,29)/t18-/m0/s1. The third kappa shape index (κ3) is 5.70. The summed E-state index contributed by atoms with van der Waals surface area (Å²) < 4.78 is 10.7. The molecule has 2 aromatic carbocycles. The van der Waals surface area contributed by atoms with Crippen LogP contribution in [-0.4, -0.2) is 47.2 Å². The summed E-state index contributed by atoms with van der Waals surface area (Å²) in [4.78, 5) is 54.9. The lowest BCUT2D eigenvalue weighted by molar-refractivity contribution is -0.172. The van der Waals surface area contributed by atoms with Crippen molar-refractivity contribution in [3.63, 3.8) is 0 Å². The molecule has 1 atom stereocenters. The number of carbonyl (C=O) groups excluding carboxylic acids is 4. The number of imide groups is 1. The number of nitrogens with one attached hydrogen (secondary N) is 1. The Hall–Kier alpha value is -3.72. The van der Waals surface area contributed by atoms with Gasteiger partial charge in [0.25, 0.3) is 11.8 Å². The van der Waals surface area contributed by atoms with Gasteiger partial charge in [-0.3, -0.25) is 9.59 Å². The van der Waals surface area contributed by atoms with E-state index in [9.17, 15) is 19.2 Å². The highest BCUT2D eigenvalue weighted by molar-refractivity contribution is 6.20. The molecule has 1 aliphatic rings. The van der Waals surface area contributed by atoms with E-state index in [1.165, 1.54) is 12.1 Å². The van der Waals surface area contributed by atoms with Crippen molar-refractivity contribution in [3.05, 3.63) is 71.3 Å². The maximum atomic E-state index is 12.8. The SMILES string of the molecule is CC(C)(C)OC(=O)N[C@@H](COCc1ccccc1)C(=O)ON1C(=O)c2ccccc2C1=O. The van der Waals surface area contributed by atoms with Crippen molar-refractivity contribution in [1.82, 2.24) is 10.4 Å². The van der Waals surface area contributed by atoms with Crippen molar-refractivity contribution in [2.24, 2.45) is 0 Å². The number of rotatable bonds is 7. The minimum atomic E-state index is -1.32. The van der Waals surface area contributed by atoms with Gasteiger partial charge in [-0.1, -0.05) is 47.5 Å². The fraction of sp³-hybridized carbons (Fsp3) is 0.304. The van der Waals surface area contributed by atoms with Gasteiger partial charge in [0.05, 0.1) is 24.3 Å². The van der Waals surface area contributed by atoms with Crippen LogP contribution in [0.25, 0.3) is 0 Å². The maximum Gasteiger partial charge on any atom is 0.408 e. The van der Waals surface area contributed by atoms with Crippen molar-refractivity contribution in [2.45, 2.75) is 39.0 Å². The Morgan fingerprint density at radius 2 is 1.50 bits per heavy atom. The van der Waals surface area contributed by atoms with Crippen molar-refractivity contribution in [1.29, 1.82) is 0 Å². The number of hydrogen-bond acceptors (Lipinski definition) is 7. The number of hydroxylamine groups is 2. The van der Waals surface area contributed by atoms with Gasteiger partial charge < -0.3 is 19.6 Å². The monoisotopic (exact) mass is 440 g/mol. The van der Waals surface area contributed by atoms with Crippen LogP contribution in [0.3, 0.4) is 0 Å². The molecule has 1 N–H and O–H groups in total. The quantitative estimate of drug-likeness (QED) is 0.659. The number of benzene rings is 2. The van der Waals surface area contributed by atoms with E-state index >= 15 is 0 Å². The van der Waals surface area contributed by atoms with Crippen LogP contribution in [0.15, 0.2) is 54.6 Å². The van der Waals surface area contributed by atoms with Crippen molar-refractivity contribution >= 4 is 23.9 Å². The Bertz CT molecular complexity index is 980. The number of fused-ring (bicyclic) bond motifs is 1. The van der Waals surface area contributed by atoms with E-state index in [1.54, 1.807) is 32.9 Å². The largest absolute Gasteiger partial charge is 0.444 e. The van der Waals surface area contributed by atoms with Gasteiger partial charge in [-0.2, -0.15) is 0 Å². The third-order valence-electron chi connectivity index (χ3n) is 4.31. The molecule has 0 saturated heterocycles. The van der Waals surface area contributed by atoms with Gasteiger partial charge in [0.2, 0.25) is 0 Å². The number of amides is 3. The summed E-state index contributed by atoms with van der Waals surface area (Å²) in [5.74, 6) is -2.57. The van der Waals surface area contributed by atoms with Crippen LogP contribution in [0.4, 0.5) is 4.79 Å². The lowest BCUT2D eigenvalue weighted by Crippen LogP contribution is -2.49. The molecule has 1 aliphatic heterocycles. The second-order valence-corrected chi connectivity index (χ2v) is 8.06. The van der Waals surface area contributed by atoms with Gasteiger partial charge in [0.1, 0.15) is 5.60 Å². The normalized spacial score (nSPS) is 14.0. The van der Waals surface area contributed by atoms with Gasteiger partial charge >= 0.3 is 12.1 Å². The lowest BCUT2D eigenvalue weighted by Gasteiger charge is -2.23. The predicted octanol–water partition coefficient (Wildman–Crippen LogP) is 2.85. The molecular formula is C23H24N2O7. The second-order valence-electron chi connectivity index (χ2n) is 8.06. The van der Waals surface area contributed by atoms with Crippen LogP contribution in [0.5, 0.6) is 0 Å². The minimum Gasteiger partial charge on any atom is -0.444 e.